The first-order valence-electron chi connectivity index (χ1n) is 13.6. The summed E-state index contributed by atoms with van der Waals surface area (Å²) in [4.78, 5) is 12.0. The number of para-hydroxylation sites is 2. The Hall–Kier alpha value is -5.68. The van der Waals surface area contributed by atoms with E-state index in [4.69, 9.17) is 18.8 Å². The van der Waals surface area contributed by atoms with Gasteiger partial charge in [-0.25, -0.2) is 9.97 Å². The molecule has 192 valence electrons. The smallest absolute Gasteiger partial charge is 0.155 e. The van der Waals surface area contributed by atoms with E-state index < -0.39 is 0 Å². The van der Waals surface area contributed by atoms with Gasteiger partial charge in [-0.2, -0.15) is 0 Å². The quantitative estimate of drug-likeness (QED) is 0.214. The van der Waals surface area contributed by atoms with E-state index in [0.29, 0.717) is 0 Å². The number of nitrogens with zero attached hydrogens (tertiary/aromatic N) is 3. The summed E-state index contributed by atoms with van der Waals surface area (Å²) in [5.41, 5.74) is 5.85. The molecule has 0 spiro atoms. The van der Waals surface area contributed by atoms with Crippen LogP contribution in [0.25, 0.3) is 65.6 Å². The molecule has 0 saturated carbocycles. The summed E-state index contributed by atoms with van der Waals surface area (Å²) in [6, 6.07) is 39.4. The Balaban J connectivity index is 1.36. The molecule has 9 aromatic rings. The number of anilines is 3. The Kier molecular flexibility index (Phi) is 4.55. The van der Waals surface area contributed by atoms with Crippen molar-refractivity contribution in [3.63, 3.8) is 0 Å². The summed E-state index contributed by atoms with van der Waals surface area (Å²) in [5, 5.41) is 7.68. The van der Waals surface area contributed by atoms with Gasteiger partial charge >= 0.3 is 0 Å². The lowest BCUT2D eigenvalue weighted by Gasteiger charge is -2.26. The highest BCUT2D eigenvalue weighted by Gasteiger charge is 2.21. The molecule has 41 heavy (non-hydrogen) atoms. The van der Waals surface area contributed by atoms with Crippen LogP contribution < -0.4 is 4.90 Å². The number of benzene rings is 5. The number of rotatable bonds is 3. The maximum atomic E-state index is 6.28. The fourth-order valence-corrected chi connectivity index (χ4v) is 6.05. The summed E-state index contributed by atoms with van der Waals surface area (Å²) in [6.07, 6.45) is 3.80. The SMILES string of the molecule is c1ccc2c(c1)cc(N(c1cnc3c(c1)oc1ccccc13)c1cc3oc4ccccc4c3cn1)c1ccccc12. The Bertz CT molecular complexity index is 2340. The van der Waals surface area contributed by atoms with Gasteiger partial charge < -0.3 is 8.83 Å². The molecule has 4 aromatic heterocycles. The molecule has 0 radical (unpaired) electrons. The zero-order valence-electron chi connectivity index (χ0n) is 21.8. The van der Waals surface area contributed by atoms with E-state index in [2.05, 4.69) is 71.6 Å². The third kappa shape index (κ3) is 3.29. The van der Waals surface area contributed by atoms with Crippen LogP contribution in [0.3, 0.4) is 0 Å². The topological polar surface area (TPSA) is 55.3 Å². The standard InChI is InChI=1S/C36H21N3O2/c1-2-10-24-22(9-1)17-30(26-12-4-3-11-25(24)26)39(23-18-34-36(38-20-23)28-14-6-8-16-32(28)41-34)35-19-33-29(21-37-35)27-13-5-7-15-31(27)40-33/h1-21H. The first-order valence-corrected chi connectivity index (χ1v) is 13.6. The van der Waals surface area contributed by atoms with E-state index in [1.165, 1.54) is 10.8 Å². The number of furan rings is 2. The van der Waals surface area contributed by atoms with Gasteiger partial charge in [-0.3, -0.25) is 4.90 Å². The van der Waals surface area contributed by atoms with Crippen LogP contribution in [0, 0.1) is 0 Å². The average molecular weight is 528 g/mol. The first-order chi connectivity index (χ1) is 20.3. The van der Waals surface area contributed by atoms with Gasteiger partial charge in [-0.15, -0.1) is 0 Å². The van der Waals surface area contributed by atoms with Gasteiger partial charge in [0.2, 0.25) is 0 Å². The first kappa shape index (κ1) is 22.2. The van der Waals surface area contributed by atoms with Crippen LogP contribution in [-0.2, 0) is 0 Å². The monoisotopic (exact) mass is 527 g/mol. The van der Waals surface area contributed by atoms with Gasteiger partial charge in [-0.05, 0) is 40.4 Å². The third-order valence-electron chi connectivity index (χ3n) is 7.92. The minimum atomic E-state index is 0.726. The molecule has 0 saturated heterocycles. The molecule has 0 unspecified atom stereocenters. The van der Waals surface area contributed by atoms with Crippen LogP contribution >= 0.6 is 0 Å². The Morgan fingerprint density at radius 1 is 0.463 bits per heavy atom. The molecule has 4 heterocycles. The molecular formula is C36H21N3O2. The van der Waals surface area contributed by atoms with E-state index >= 15 is 0 Å². The molecule has 0 fully saturated rings. The fraction of sp³-hybridized carbons (Fsp3) is 0. The van der Waals surface area contributed by atoms with E-state index in [-0.39, 0.29) is 0 Å². The molecule has 0 aliphatic carbocycles. The molecule has 5 nitrogen and oxygen atoms in total. The summed E-state index contributed by atoms with van der Waals surface area (Å²) in [5.74, 6) is 0.731. The van der Waals surface area contributed by atoms with Crippen LogP contribution in [0.4, 0.5) is 17.2 Å². The highest BCUT2D eigenvalue weighted by atomic mass is 16.3. The molecule has 0 aliphatic rings. The van der Waals surface area contributed by atoms with Crippen molar-refractivity contribution in [3.8, 4) is 0 Å². The molecular weight excluding hydrogens is 506 g/mol. The number of hydrogen-bond acceptors (Lipinski definition) is 5. The predicted octanol–water partition coefficient (Wildman–Crippen LogP) is 10.1. The van der Waals surface area contributed by atoms with Crippen LogP contribution in [-0.4, -0.2) is 9.97 Å². The van der Waals surface area contributed by atoms with Gasteiger partial charge in [0.25, 0.3) is 0 Å². The normalized spacial score (nSPS) is 11.9. The van der Waals surface area contributed by atoms with Gasteiger partial charge in [0.15, 0.2) is 5.58 Å². The van der Waals surface area contributed by atoms with E-state index in [9.17, 15) is 0 Å². The summed E-state index contributed by atoms with van der Waals surface area (Å²) in [6.45, 7) is 0. The second kappa shape index (κ2) is 8.41. The zero-order valence-corrected chi connectivity index (χ0v) is 21.8. The summed E-state index contributed by atoms with van der Waals surface area (Å²) >= 11 is 0. The van der Waals surface area contributed by atoms with Crippen LogP contribution in [0.2, 0.25) is 0 Å². The predicted molar refractivity (Wildman–Crippen MR) is 166 cm³/mol. The van der Waals surface area contributed by atoms with Gasteiger partial charge in [0.05, 0.1) is 17.6 Å². The summed E-state index contributed by atoms with van der Waals surface area (Å²) < 4.78 is 12.5. The molecule has 0 aliphatic heterocycles. The minimum absolute atomic E-state index is 0.726. The lowest BCUT2D eigenvalue weighted by atomic mass is 9.99. The lowest BCUT2D eigenvalue weighted by molar-refractivity contribution is 0.668. The second-order valence-corrected chi connectivity index (χ2v) is 10.3. The number of fused-ring (bicyclic) bond motifs is 9. The Morgan fingerprint density at radius 3 is 1.98 bits per heavy atom. The molecule has 9 rings (SSSR count). The third-order valence-corrected chi connectivity index (χ3v) is 7.92. The maximum Gasteiger partial charge on any atom is 0.155 e. The number of aromatic nitrogens is 2. The van der Waals surface area contributed by atoms with E-state index in [0.717, 1.165) is 72.0 Å². The second-order valence-electron chi connectivity index (χ2n) is 10.3. The minimum Gasteiger partial charge on any atom is -0.456 e. The molecule has 0 amide bonds. The average Bonchev–Trinajstić information content (AvgIpc) is 3.59. The number of hydrogen-bond donors (Lipinski definition) is 0. The van der Waals surface area contributed by atoms with Gasteiger partial charge in [0.1, 0.15) is 28.1 Å². The largest absolute Gasteiger partial charge is 0.456 e. The van der Waals surface area contributed by atoms with Gasteiger partial charge in [-0.1, -0.05) is 78.9 Å². The molecule has 0 atom stereocenters. The van der Waals surface area contributed by atoms with Crippen molar-refractivity contribution in [2.75, 3.05) is 4.90 Å². The molecule has 0 N–H and O–H groups in total. The van der Waals surface area contributed by atoms with Crippen molar-refractivity contribution in [2.45, 2.75) is 0 Å². The van der Waals surface area contributed by atoms with Crippen molar-refractivity contribution in [1.82, 2.24) is 9.97 Å². The Morgan fingerprint density at radius 2 is 1.12 bits per heavy atom. The maximum absolute atomic E-state index is 6.28. The van der Waals surface area contributed by atoms with Crippen LogP contribution in [0.1, 0.15) is 0 Å². The van der Waals surface area contributed by atoms with Crippen molar-refractivity contribution in [2.24, 2.45) is 0 Å². The highest BCUT2D eigenvalue weighted by molar-refractivity contribution is 6.15. The van der Waals surface area contributed by atoms with Crippen molar-refractivity contribution >= 4 is 82.7 Å². The van der Waals surface area contributed by atoms with Crippen molar-refractivity contribution in [3.05, 3.63) is 128 Å². The van der Waals surface area contributed by atoms with Crippen LogP contribution in [0.15, 0.2) is 136 Å². The van der Waals surface area contributed by atoms with Crippen molar-refractivity contribution in [1.29, 1.82) is 0 Å². The van der Waals surface area contributed by atoms with E-state index in [1.54, 1.807) is 0 Å². The number of pyridine rings is 2. The Labute approximate surface area is 233 Å². The zero-order chi connectivity index (χ0) is 26.9. The van der Waals surface area contributed by atoms with E-state index in [1.807, 2.05) is 60.9 Å². The lowest BCUT2D eigenvalue weighted by Crippen LogP contribution is -2.12. The summed E-state index contributed by atoms with van der Waals surface area (Å²) in [7, 11) is 0. The molecule has 5 aromatic carbocycles. The highest BCUT2D eigenvalue weighted by Crippen LogP contribution is 2.43. The van der Waals surface area contributed by atoms with Crippen LogP contribution in [0.5, 0.6) is 0 Å². The van der Waals surface area contributed by atoms with Crippen molar-refractivity contribution < 1.29 is 8.83 Å². The molecule has 5 heteroatoms. The molecule has 0 bridgehead atoms. The fourth-order valence-electron chi connectivity index (χ4n) is 6.05. The van der Waals surface area contributed by atoms with Gasteiger partial charge in [0, 0.05) is 39.9 Å².